The molecule has 0 saturated carbocycles. The molecular weight excluding hydrogens is 472 g/mol. The van der Waals surface area contributed by atoms with Crippen molar-refractivity contribution < 1.29 is 14.3 Å². The summed E-state index contributed by atoms with van der Waals surface area (Å²) in [4.78, 5) is 49.5. The number of halogens is 1. The molecule has 2 aliphatic rings. The Morgan fingerprint density at radius 3 is 2.71 bits per heavy atom. The number of amides is 2. The Kier molecular flexibility index (Phi) is 5.28. The van der Waals surface area contributed by atoms with Crippen molar-refractivity contribution in [3.05, 3.63) is 81.1 Å². The number of nitrogens with zero attached hydrogens (tertiary/aromatic N) is 4. The third-order valence-electron chi connectivity index (χ3n) is 5.81. The third-order valence-corrected chi connectivity index (χ3v) is 6.10. The molecule has 180 valence electrons. The number of rotatable bonds is 2. The molecule has 2 aliphatic heterocycles. The fraction of sp³-hybridized carbons (Fsp3) is 0.292. The lowest BCUT2D eigenvalue weighted by molar-refractivity contribution is 0.0122. The minimum Gasteiger partial charge on any atom is -0.444 e. The van der Waals surface area contributed by atoms with Crippen molar-refractivity contribution in [1.29, 1.82) is 0 Å². The molecule has 2 aromatic heterocycles. The summed E-state index contributed by atoms with van der Waals surface area (Å²) >= 11 is 6.52. The van der Waals surface area contributed by atoms with E-state index in [2.05, 4.69) is 20.6 Å². The number of fused-ring (bicyclic) bond motifs is 4. The molecule has 1 aromatic carbocycles. The van der Waals surface area contributed by atoms with Crippen LogP contribution in [0.25, 0.3) is 0 Å². The van der Waals surface area contributed by atoms with E-state index in [0.717, 1.165) is 5.56 Å². The minimum atomic E-state index is -1.37. The molecule has 1 spiro atoms. The second-order valence-electron chi connectivity index (χ2n) is 9.42. The van der Waals surface area contributed by atoms with Gasteiger partial charge in [-0.05, 0) is 38.5 Å². The van der Waals surface area contributed by atoms with Gasteiger partial charge in [0.25, 0.3) is 11.5 Å². The summed E-state index contributed by atoms with van der Waals surface area (Å²) in [5.41, 5.74) is -0.970. The van der Waals surface area contributed by atoms with Crippen LogP contribution in [-0.2, 0) is 16.9 Å². The highest BCUT2D eigenvalue weighted by Gasteiger charge is 2.51. The van der Waals surface area contributed by atoms with Crippen LogP contribution in [0.5, 0.6) is 0 Å². The number of carbonyl (C=O) groups is 2. The molecule has 0 fully saturated rings. The van der Waals surface area contributed by atoms with Crippen LogP contribution < -0.4 is 16.2 Å². The molecule has 35 heavy (non-hydrogen) atoms. The molecule has 5 rings (SSSR count). The van der Waals surface area contributed by atoms with Gasteiger partial charge in [0.15, 0.2) is 5.66 Å². The first-order valence-corrected chi connectivity index (χ1v) is 11.3. The predicted octanol–water partition coefficient (Wildman–Crippen LogP) is 3.23. The summed E-state index contributed by atoms with van der Waals surface area (Å²) in [7, 11) is 0. The Labute approximate surface area is 205 Å². The van der Waals surface area contributed by atoms with Crippen molar-refractivity contribution in [1.82, 2.24) is 24.8 Å². The van der Waals surface area contributed by atoms with Gasteiger partial charge in [-0.15, -0.1) is 0 Å². The first kappa shape index (κ1) is 22.9. The van der Waals surface area contributed by atoms with Gasteiger partial charge in [0, 0.05) is 18.3 Å². The van der Waals surface area contributed by atoms with Crippen LogP contribution in [0.15, 0.2) is 53.7 Å². The van der Waals surface area contributed by atoms with Crippen LogP contribution in [-0.4, -0.2) is 43.6 Å². The number of carbonyl (C=O) groups excluding carboxylic acids is 2. The number of anilines is 2. The average molecular weight is 495 g/mol. The highest BCUT2D eigenvalue weighted by atomic mass is 35.5. The van der Waals surface area contributed by atoms with Crippen LogP contribution in [0, 0.1) is 0 Å². The second-order valence-corrected chi connectivity index (χ2v) is 9.83. The van der Waals surface area contributed by atoms with Gasteiger partial charge < -0.3 is 15.4 Å². The van der Waals surface area contributed by atoms with Crippen LogP contribution in [0.4, 0.5) is 16.3 Å². The summed E-state index contributed by atoms with van der Waals surface area (Å²) < 4.78 is 6.93. The summed E-state index contributed by atoms with van der Waals surface area (Å²) in [6.45, 7) is 5.58. The Hall–Kier alpha value is -3.92. The number of pyridine rings is 1. The fourth-order valence-electron chi connectivity index (χ4n) is 4.49. The quantitative estimate of drug-likeness (QED) is 0.561. The van der Waals surface area contributed by atoms with E-state index in [9.17, 15) is 14.4 Å². The molecule has 0 radical (unpaired) electrons. The lowest BCUT2D eigenvalue weighted by atomic mass is 9.89. The minimum absolute atomic E-state index is 0.0192. The number of hydrogen-bond acceptors (Lipinski definition) is 7. The maximum atomic E-state index is 13.8. The van der Waals surface area contributed by atoms with Gasteiger partial charge in [0.05, 0.1) is 11.6 Å². The number of aromatic nitrogens is 3. The van der Waals surface area contributed by atoms with E-state index < -0.39 is 28.8 Å². The van der Waals surface area contributed by atoms with Crippen molar-refractivity contribution in [2.75, 3.05) is 11.9 Å². The van der Waals surface area contributed by atoms with Gasteiger partial charge in [-0.25, -0.2) is 14.8 Å². The predicted molar refractivity (Wildman–Crippen MR) is 129 cm³/mol. The van der Waals surface area contributed by atoms with E-state index in [1.54, 1.807) is 26.8 Å². The molecule has 0 bridgehead atoms. The lowest BCUT2D eigenvalue weighted by Crippen LogP contribution is -2.59. The normalized spacial score (nSPS) is 18.6. The molecule has 11 heteroatoms. The van der Waals surface area contributed by atoms with E-state index in [0.29, 0.717) is 11.4 Å². The molecular formula is C24H23ClN6O4. The largest absolute Gasteiger partial charge is 0.444 e. The zero-order valence-corrected chi connectivity index (χ0v) is 20.1. The van der Waals surface area contributed by atoms with E-state index in [1.807, 2.05) is 24.3 Å². The standard InChI is InChI=1S/C24H23ClN6O4/c1-23(2,3)35-22(34)30-11-14-6-4-5-7-15(14)24(12-30)29-20(32)19-16(25)10-17(21(33)31(19)24)28-18-8-9-26-13-27-18/h4-10,13H,11-12H2,1-3H3,(H,29,32)(H,26,27,28). The van der Waals surface area contributed by atoms with E-state index in [4.69, 9.17) is 16.3 Å². The maximum absolute atomic E-state index is 13.8. The zero-order valence-electron chi connectivity index (χ0n) is 19.3. The molecule has 0 aliphatic carbocycles. The van der Waals surface area contributed by atoms with Crippen molar-refractivity contribution in [3.63, 3.8) is 0 Å². The zero-order chi connectivity index (χ0) is 25.0. The van der Waals surface area contributed by atoms with Gasteiger partial charge in [-0.3, -0.25) is 19.1 Å². The Morgan fingerprint density at radius 1 is 1.23 bits per heavy atom. The molecule has 2 N–H and O–H groups in total. The highest BCUT2D eigenvalue weighted by molar-refractivity contribution is 6.34. The number of nitrogens with one attached hydrogen (secondary N) is 2. The monoisotopic (exact) mass is 494 g/mol. The summed E-state index contributed by atoms with van der Waals surface area (Å²) in [5.74, 6) is -0.124. The van der Waals surface area contributed by atoms with Crippen molar-refractivity contribution in [2.45, 2.75) is 38.6 Å². The lowest BCUT2D eigenvalue weighted by Gasteiger charge is -2.42. The summed E-state index contributed by atoms with van der Waals surface area (Å²) in [5, 5.41) is 5.99. The molecule has 4 heterocycles. The molecule has 3 aromatic rings. The molecule has 10 nitrogen and oxygen atoms in total. The first-order chi connectivity index (χ1) is 16.6. The Bertz CT molecular complexity index is 1400. The van der Waals surface area contributed by atoms with E-state index >= 15 is 0 Å². The third kappa shape index (κ3) is 3.89. The van der Waals surface area contributed by atoms with Crippen molar-refractivity contribution >= 4 is 35.1 Å². The smallest absolute Gasteiger partial charge is 0.410 e. The summed E-state index contributed by atoms with van der Waals surface area (Å²) in [6, 6.07) is 10.4. The number of ether oxygens (including phenoxy) is 1. The van der Waals surface area contributed by atoms with E-state index in [1.165, 1.54) is 28.1 Å². The Morgan fingerprint density at radius 2 is 2.00 bits per heavy atom. The van der Waals surface area contributed by atoms with Gasteiger partial charge in [-0.1, -0.05) is 35.9 Å². The van der Waals surface area contributed by atoms with Gasteiger partial charge >= 0.3 is 6.09 Å². The molecule has 1 unspecified atom stereocenters. The topological polar surface area (TPSA) is 118 Å². The highest BCUT2D eigenvalue weighted by Crippen LogP contribution is 2.39. The molecule has 2 amide bonds. The first-order valence-electron chi connectivity index (χ1n) is 11.0. The molecule has 0 saturated heterocycles. The SMILES string of the molecule is CC(C)(C)OC(=O)N1Cc2ccccc2C2(C1)NC(=O)c1c(Cl)cc(Nc3ccncn3)c(=O)n12. The van der Waals surface area contributed by atoms with Crippen LogP contribution in [0.2, 0.25) is 5.02 Å². The van der Waals surface area contributed by atoms with Crippen molar-refractivity contribution in [2.24, 2.45) is 0 Å². The average Bonchev–Trinajstić information content (AvgIpc) is 3.09. The number of hydrogen-bond donors (Lipinski definition) is 2. The molecule has 1 atom stereocenters. The van der Waals surface area contributed by atoms with Crippen LogP contribution >= 0.6 is 11.6 Å². The van der Waals surface area contributed by atoms with E-state index in [-0.39, 0.29) is 29.5 Å². The van der Waals surface area contributed by atoms with Crippen LogP contribution in [0.1, 0.15) is 42.4 Å². The fourth-order valence-corrected chi connectivity index (χ4v) is 4.77. The van der Waals surface area contributed by atoms with Gasteiger partial charge in [-0.2, -0.15) is 0 Å². The van der Waals surface area contributed by atoms with Crippen LogP contribution in [0.3, 0.4) is 0 Å². The Balaban J connectivity index is 1.69. The van der Waals surface area contributed by atoms with Crippen molar-refractivity contribution in [3.8, 4) is 0 Å². The van der Waals surface area contributed by atoms with Gasteiger partial charge in [0.1, 0.15) is 29.1 Å². The van der Waals surface area contributed by atoms with Gasteiger partial charge in [0.2, 0.25) is 0 Å². The maximum Gasteiger partial charge on any atom is 0.410 e. The number of benzene rings is 1. The summed E-state index contributed by atoms with van der Waals surface area (Å²) in [6.07, 6.45) is 2.32. The second kappa shape index (κ2) is 8.09.